The normalized spacial score (nSPS) is 11.3. The number of alkyl halides is 3. The van der Waals surface area contributed by atoms with Gasteiger partial charge in [-0.1, -0.05) is 29.4 Å². The van der Waals surface area contributed by atoms with E-state index in [1.165, 1.54) is 6.20 Å². The smallest absolute Gasteiger partial charge is 0.462 e. The molecule has 0 saturated carbocycles. The van der Waals surface area contributed by atoms with E-state index < -0.39 is 23.9 Å². The lowest BCUT2D eigenvalue weighted by atomic mass is 10.1. The highest BCUT2D eigenvalue weighted by atomic mass is 19.4. The van der Waals surface area contributed by atoms with Crippen LogP contribution in [0.1, 0.15) is 17.0 Å². The van der Waals surface area contributed by atoms with Crippen molar-refractivity contribution in [3.63, 3.8) is 0 Å². The van der Waals surface area contributed by atoms with Gasteiger partial charge in [0.25, 0.3) is 0 Å². The monoisotopic (exact) mass is 409 g/mol. The van der Waals surface area contributed by atoms with Gasteiger partial charge in [0.2, 0.25) is 5.82 Å². The Morgan fingerprint density at radius 2 is 1.93 bits per heavy atom. The molecule has 1 aromatic carbocycles. The summed E-state index contributed by atoms with van der Waals surface area (Å²) in [6, 6.07) is 6.53. The zero-order valence-electron chi connectivity index (χ0n) is 14.9. The molecule has 29 heavy (non-hydrogen) atoms. The molecule has 0 spiro atoms. The van der Waals surface area contributed by atoms with Crippen LogP contribution >= 0.6 is 0 Å². The van der Waals surface area contributed by atoms with E-state index >= 15 is 0 Å². The molecule has 9 nitrogen and oxygen atoms in total. The maximum Gasteiger partial charge on any atom is 0.471 e. The van der Waals surface area contributed by atoms with Gasteiger partial charge in [-0.05, 0) is 5.56 Å². The van der Waals surface area contributed by atoms with E-state index in [0.29, 0.717) is 17.7 Å². The SMILES string of the molecule is COC(=O)C(=O)NCc1cnn(Cc2ccc(-c3noc(C(F)(F)F)n3)cc2)c1. The standard InChI is InChI=1S/C17H14F3N5O4/c1-28-15(27)14(26)21-6-11-7-22-25(9-11)8-10-2-4-12(5-3-10)13-23-16(29-24-13)17(18,19)20/h2-5,7,9H,6,8H2,1H3,(H,21,26). The van der Waals surface area contributed by atoms with E-state index in [9.17, 15) is 22.8 Å². The molecule has 3 rings (SSSR count). The van der Waals surface area contributed by atoms with Crippen molar-refractivity contribution in [2.24, 2.45) is 0 Å². The Balaban J connectivity index is 1.60. The van der Waals surface area contributed by atoms with Crippen LogP contribution in [0.2, 0.25) is 0 Å². The van der Waals surface area contributed by atoms with E-state index in [4.69, 9.17) is 0 Å². The summed E-state index contributed by atoms with van der Waals surface area (Å²) in [4.78, 5) is 25.7. The average Bonchev–Trinajstić information content (AvgIpc) is 3.35. The number of amides is 1. The lowest BCUT2D eigenvalue weighted by molar-refractivity contribution is -0.159. The van der Waals surface area contributed by atoms with Crippen molar-refractivity contribution in [1.82, 2.24) is 25.2 Å². The Hall–Kier alpha value is -3.70. The Kier molecular flexibility index (Phi) is 5.61. The van der Waals surface area contributed by atoms with E-state index in [1.54, 1.807) is 35.1 Å². The summed E-state index contributed by atoms with van der Waals surface area (Å²) in [5.41, 5.74) is 1.87. The predicted octanol–water partition coefficient (Wildman–Crippen LogP) is 1.79. The largest absolute Gasteiger partial charge is 0.471 e. The first-order valence-electron chi connectivity index (χ1n) is 8.14. The van der Waals surface area contributed by atoms with Crippen LogP contribution in [-0.4, -0.2) is 38.9 Å². The summed E-state index contributed by atoms with van der Waals surface area (Å²) in [7, 11) is 1.11. The number of nitrogens with one attached hydrogen (secondary N) is 1. The van der Waals surface area contributed by atoms with Gasteiger partial charge in [0.1, 0.15) is 0 Å². The first-order chi connectivity index (χ1) is 13.8. The molecule has 0 fully saturated rings. The molecule has 0 bridgehead atoms. The van der Waals surface area contributed by atoms with Crippen LogP contribution in [-0.2, 0) is 33.6 Å². The van der Waals surface area contributed by atoms with Crippen molar-refractivity contribution >= 4 is 11.9 Å². The van der Waals surface area contributed by atoms with Crippen molar-refractivity contribution < 1.29 is 32.0 Å². The number of rotatable bonds is 5. The number of ether oxygens (including phenoxy) is 1. The molecule has 12 heteroatoms. The van der Waals surface area contributed by atoms with E-state index in [2.05, 4.69) is 29.8 Å². The Morgan fingerprint density at radius 3 is 2.55 bits per heavy atom. The van der Waals surface area contributed by atoms with Gasteiger partial charge in [0.15, 0.2) is 0 Å². The highest BCUT2D eigenvalue weighted by Gasteiger charge is 2.38. The molecule has 152 valence electrons. The molecular formula is C17H14F3N5O4. The van der Waals surface area contributed by atoms with E-state index in [1.807, 2.05) is 0 Å². The Labute approximate surface area is 161 Å². The van der Waals surface area contributed by atoms with Crippen LogP contribution in [0, 0.1) is 0 Å². The predicted molar refractivity (Wildman–Crippen MR) is 89.9 cm³/mol. The number of hydrogen-bond acceptors (Lipinski definition) is 7. The first kappa shape index (κ1) is 20.0. The van der Waals surface area contributed by atoms with Crippen LogP contribution in [0.5, 0.6) is 0 Å². The molecule has 0 aliphatic rings. The van der Waals surface area contributed by atoms with Crippen LogP contribution in [0.3, 0.4) is 0 Å². The van der Waals surface area contributed by atoms with E-state index in [0.717, 1.165) is 12.7 Å². The highest BCUT2D eigenvalue weighted by Crippen LogP contribution is 2.29. The molecule has 2 heterocycles. The number of nitrogens with zero attached hydrogens (tertiary/aromatic N) is 4. The van der Waals surface area contributed by atoms with E-state index in [-0.39, 0.29) is 12.4 Å². The fraction of sp³-hybridized carbons (Fsp3) is 0.235. The molecular weight excluding hydrogens is 395 g/mol. The second kappa shape index (κ2) is 8.12. The maximum atomic E-state index is 12.5. The minimum Gasteiger partial charge on any atom is -0.462 e. The minimum atomic E-state index is -4.70. The molecule has 0 radical (unpaired) electrons. The van der Waals surface area contributed by atoms with Crippen molar-refractivity contribution in [3.05, 3.63) is 53.7 Å². The van der Waals surface area contributed by atoms with Gasteiger partial charge in [-0.2, -0.15) is 23.3 Å². The molecule has 0 aliphatic carbocycles. The second-order valence-corrected chi connectivity index (χ2v) is 5.84. The third-order valence-corrected chi connectivity index (χ3v) is 3.74. The topological polar surface area (TPSA) is 112 Å². The van der Waals surface area contributed by atoms with Crippen LogP contribution in [0.25, 0.3) is 11.4 Å². The van der Waals surface area contributed by atoms with Crippen molar-refractivity contribution in [2.75, 3.05) is 7.11 Å². The lowest BCUT2D eigenvalue weighted by Crippen LogP contribution is -2.31. The van der Waals surface area contributed by atoms with Crippen molar-refractivity contribution in [1.29, 1.82) is 0 Å². The molecule has 0 aliphatic heterocycles. The summed E-state index contributed by atoms with van der Waals surface area (Å²) in [6.07, 6.45) is -1.48. The zero-order valence-corrected chi connectivity index (χ0v) is 14.9. The van der Waals surface area contributed by atoms with Gasteiger partial charge in [0.05, 0.1) is 19.9 Å². The molecule has 3 aromatic rings. The van der Waals surface area contributed by atoms with Gasteiger partial charge in [-0.3, -0.25) is 9.48 Å². The summed E-state index contributed by atoms with van der Waals surface area (Å²) >= 11 is 0. The first-order valence-corrected chi connectivity index (χ1v) is 8.14. The van der Waals surface area contributed by atoms with Gasteiger partial charge >= 0.3 is 23.9 Å². The quantitative estimate of drug-likeness (QED) is 0.505. The number of esters is 1. The summed E-state index contributed by atoms with van der Waals surface area (Å²) in [5.74, 6) is -3.40. The summed E-state index contributed by atoms with van der Waals surface area (Å²) in [5, 5.41) is 9.88. The number of carbonyl (C=O) groups is 2. The number of methoxy groups -OCH3 is 1. The molecule has 1 N–H and O–H groups in total. The number of aromatic nitrogens is 4. The Morgan fingerprint density at radius 1 is 1.21 bits per heavy atom. The van der Waals surface area contributed by atoms with Gasteiger partial charge < -0.3 is 14.6 Å². The Bertz CT molecular complexity index is 1010. The van der Waals surface area contributed by atoms with Crippen LogP contribution in [0.15, 0.2) is 41.2 Å². The van der Waals surface area contributed by atoms with Crippen molar-refractivity contribution in [2.45, 2.75) is 19.3 Å². The highest BCUT2D eigenvalue weighted by molar-refractivity contribution is 6.32. The summed E-state index contributed by atoms with van der Waals surface area (Å²) < 4.78 is 47.7. The number of carbonyl (C=O) groups excluding carboxylic acids is 2. The number of benzene rings is 1. The van der Waals surface area contributed by atoms with Crippen LogP contribution in [0.4, 0.5) is 13.2 Å². The molecule has 1 amide bonds. The lowest BCUT2D eigenvalue weighted by Gasteiger charge is -2.03. The molecule has 0 unspecified atom stereocenters. The fourth-order valence-electron chi connectivity index (χ4n) is 2.33. The summed E-state index contributed by atoms with van der Waals surface area (Å²) in [6.45, 7) is 0.484. The molecule has 2 aromatic heterocycles. The third kappa shape index (κ3) is 4.97. The average molecular weight is 409 g/mol. The van der Waals surface area contributed by atoms with Crippen molar-refractivity contribution in [3.8, 4) is 11.4 Å². The maximum absolute atomic E-state index is 12.5. The molecule has 0 atom stereocenters. The van der Waals surface area contributed by atoms with Gasteiger partial charge in [-0.25, -0.2) is 4.79 Å². The third-order valence-electron chi connectivity index (χ3n) is 3.74. The molecule has 0 saturated heterocycles. The van der Waals surface area contributed by atoms with Gasteiger partial charge in [-0.15, -0.1) is 0 Å². The zero-order chi connectivity index (χ0) is 21.0. The van der Waals surface area contributed by atoms with Crippen LogP contribution < -0.4 is 5.32 Å². The number of hydrogen-bond donors (Lipinski definition) is 1. The van der Waals surface area contributed by atoms with Gasteiger partial charge in [0, 0.05) is 23.9 Å². The number of halogens is 3. The minimum absolute atomic E-state index is 0.103. The second-order valence-electron chi connectivity index (χ2n) is 5.84. The fourth-order valence-corrected chi connectivity index (χ4v) is 2.33.